The third kappa shape index (κ3) is 6.67. The number of halogens is 1. The molecule has 29 heavy (non-hydrogen) atoms. The number of carbonyl (C=O) groups excluding carboxylic acids is 3. The van der Waals surface area contributed by atoms with Crippen LogP contribution < -0.4 is 10.5 Å². The summed E-state index contributed by atoms with van der Waals surface area (Å²) >= 11 is 6.02. The van der Waals surface area contributed by atoms with Crippen molar-refractivity contribution in [3.63, 3.8) is 0 Å². The van der Waals surface area contributed by atoms with Gasteiger partial charge in [0.25, 0.3) is 0 Å². The maximum Gasteiger partial charge on any atom is 0.412 e. The van der Waals surface area contributed by atoms with Crippen molar-refractivity contribution in [3.8, 4) is 0 Å². The van der Waals surface area contributed by atoms with Gasteiger partial charge in [0.05, 0.1) is 11.4 Å². The first-order valence-corrected chi connectivity index (χ1v) is 10.3. The first-order chi connectivity index (χ1) is 13.6. The summed E-state index contributed by atoms with van der Waals surface area (Å²) in [5, 5.41) is -0.0499. The van der Waals surface area contributed by atoms with Gasteiger partial charge in [-0.3, -0.25) is 9.59 Å². The zero-order valence-electron chi connectivity index (χ0n) is 15.5. The van der Waals surface area contributed by atoms with Crippen LogP contribution in [0.25, 0.3) is 0 Å². The molecule has 0 atom stereocenters. The van der Waals surface area contributed by atoms with E-state index in [9.17, 15) is 22.8 Å². The second kappa shape index (κ2) is 9.64. The highest BCUT2D eigenvalue weighted by Gasteiger charge is 2.20. The molecule has 0 spiro atoms. The van der Waals surface area contributed by atoms with E-state index in [1.165, 1.54) is 12.1 Å². The zero-order valence-corrected chi connectivity index (χ0v) is 17.0. The number of hydrogen-bond donors (Lipinski definition) is 2. The highest BCUT2D eigenvalue weighted by atomic mass is 35.5. The molecule has 1 amide bonds. The SMILES string of the molecule is Cc1ccc(CNS(=O)(=O)c2cc(C(=O)CCC(=O)OC(N)=O)ccc2Cl)cc1. The number of Topliss-reactive ketones (excluding diaryl/α,β-unsaturated/α-hetero) is 1. The molecule has 0 aromatic heterocycles. The summed E-state index contributed by atoms with van der Waals surface area (Å²) in [6.45, 7) is 1.97. The summed E-state index contributed by atoms with van der Waals surface area (Å²) in [6.07, 6.45) is -1.93. The molecule has 0 bridgehead atoms. The predicted molar refractivity (Wildman–Crippen MR) is 106 cm³/mol. The number of aryl methyl sites for hydroxylation is 1. The van der Waals surface area contributed by atoms with Crippen LogP contribution in [0.4, 0.5) is 4.79 Å². The molecule has 0 aliphatic rings. The Balaban J connectivity index is 2.11. The topological polar surface area (TPSA) is 133 Å². The number of rotatable bonds is 8. The van der Waals surface area contributed by atoms with E-state index in [4.69, 9.17) is 17.3 Å². The summed E-state index contributed by atoms with van der Waals surface area (Å²) in [6, 6.07) is 11.1. The van der Waals surface area contributed by atoms with Gasteiger partial charge in [-0.25, -0.2) is 17.9 Å². The van der Waals surface area contributed by atoms with Crippen molar-refractivity contribution >= 4 is 39.5 Å². The molecule has 0 aliphatic carbocycles. The van der Waals surface area contributed by atoms with Gasteiger partial charge in [0, 0.05) is 18.5 Å². The average molecular weight is 439 g/mol. The average Bonchev–Trinajstić information content (AvgIpc) is 2.65. The smallest absolute Gasteiger partial charge is 0.376 e. The summed E-state index contributed by atoms with van der Waals surface area (Å²) in [4.78, 5) is 33.8. The highest BCUT2D eigenvalue weighted by Crippen LogP contribution is 2.24. The predicted octanol–water partition coefficient (Wildman–Crippen LogP) is 2.71. The molecule has 0 heterocycles. The van der Waals surface area contributed by atoms with E-state index in [1.54, 1.807) is 12.1 Å². The number of sulfonamides is 1. The van der Waals surface area contributed by atoms with Crippen molar-refractivity contribution in [1.82, 2.24) is 4.72 Å². The van der Waals surface area contributed by atoms with E-state index in [1.807, 2.05) is 19.1 Å². The summed E-state index contributed by atoms with van der Waals surface area (Å²) in [5.74, 6) is -1.47. The Kier molecular flexibility index (Phi) is 7.49. The van der Waals surface area contributed by atoms with E-state index in [2.05, 4.69) is 9.46 Å². The van der Waals surface area contributed by atoms with Crippen molar-refractivity contribution in [1.29, 1.82) is 0 Å². The number of amides is 1. The molecule has 0 unspecified atom stereocenters. The number of benzene rings is 2. The van der Waals surface area contributed by atoms with Crippen LogP contribution in [0, 0.1) is 6.92 Å². The van der Waals surface area contributed by atoms with Gasteiger partial charge < -0.3 is 10.5 Å². The Morgan fingerprint density at radius 2 is 1.72 bits per heavy atom. The maximum absolute atomic E-state index is 12.6. The fourth-order valence-corrected chi connectivity index (χ4v) is 3.91. The van der Waals surface area contributed by atoms with Crippen LogP contribution >= 0.6 is 11.6 Å². The van der Waals surface area contributed by atoms with Gasteiger partial charge in [-0.15, -0.1) is 0 Å². The Hall–Kier alpha value is -2.75. The van der Waals surface area contributed by atoms with Gasteiger partial charge in [0.1, 0.15) is 4.90 Å². The third-order valence-corrected chi connectivity index (χ3v) is 5.78. The minimum absolute atomic E-state index is 0.0499. The lowest BCUT2D eigenvalue weighted by Gasteiger charge is -2.10. The van der Waals surface area contributed by atoms with Gasteiger partial charge >= 0.3 is 12.1 Å². The number of carbonyl (C=O) groups is 3. The molecule has 0 fully saturated rings. The van der Waals surface area contributed by atoms with Crippen LogP contribution in [0.3, 0.4) is 0 Å². The number of ketones is 1. The summed E-state index contributed by atoms with van der Waals surface area (Å²) in [5.41, 5.74) is 6.58. The summed E-state index contributed by atoms with van der Waals surface area (Å²) in [7, 11) is -3.99. The number of hydrogen-bond acceptors (Lipinski definition) is 6. The second-order valence-electron chi connectivity index (χ2n) is 6.17. The van der Waals surface area contributed by atoms with E-state index >= 15 is 0 Å². The standard InChI is InChI=1S/C19H19ClN2O6S/c1-12-2-4-13(5-3-12)11-22-29(26,27)17-10-14(6-7-15(17)20)16(23)8-9-18(24)28-19(21)25/h2-7,10,22H,8-9,11H2,1H3,(H2,21,25). The molecule has 2 aromatic rings. The number of esters is 1. The Morgan fingerprint density at radius 3 is 2.34 bits per heavy atom. The second-order valence-corrected chi connectivity index (χ2v) is 8.31. The van der Waals surface area contributed by atoms with Crippen molar-refractivity contribution in [3.05, 3.63) is 64.2 Å². The molecular weight excluding hydrogens is 420 g/mol. The lowest BCUT2D eigenvalue weighted by atomic mass is 10.1. The Morgan fingerprint density at radius 1 is 1.07 bits per heavy atom. The molecule has 3 N–H and O–H groups in total. The quantitative estimate of drug-likeness (QED) is 0.370. The van der Waals surface area contributed by atoms with Crippen LogP contribution in [0.2, 0.25) is 5.02 Å². The molecule has 0 saturated heterocycles. The van der Waals surface area contributed by atoms with Crippen molar-refractivity contribution in [2.45, 2.75) is 31.2 Å². The first-order valence-electron chi connectivity index (χ1n) is 8.46. The lowest BCUT2D eigenvalue weighted by Crippen LogP contribution is -2.24. The fraction of sp³-hybridized carbons (Fsp3) is 0.211. The van der Waals surface area contributed by atoms with Gasteiger partial charge in [0.2, 0.25) is 10.0 Å². The molecule has 0 aliphatic heterocycles. The lowest BCUT2D eigenvalue weighted by molar-refractivity contribution is -0.137. The molecule has 10 heteroatoms. The van der Waals surface area contributed by atoms with Crippen molar-refractivity contribution in [2.24, 2.45) is 5.73 Å². The van der Waals surface area contributed by atoms with Crippen LogP contribution in [0.15, 0.2) is 47.4 Å². The molecule has 0 radical (unpaired) electrons. The van der Waals surface area contributed by atoms with Crippen LogP contribution in [0.1, 0.15) is 34.3 Å². The molecule has 2 aromatic carbocycles. The van der Waals surface area contributed by atoms with Gasteiger partial charge in [0.15, 0.2) is 5.78 Å². The third-order valence-electron chi connectivity index (χ3n) is 3.90. The van der Waals surface area contributed by atoms with Crippen LogP contribution in [-0.4, -0.2) is 26.3 Å². The van der Waals surface area contributed by atoms with E-state index < -0.39 is 27.9 Å². The first kappa shape index (κ1) is 22.5. The fourth-order valence-electron chi connectivity index (χ4n) is 2.37. The Labute approximate surface area is 173 Å². The molecule has 0 saturated carbocycles. The normalized spacial score (nSPS) is 11.1. The number of ether oxygens (including phenoxy) is 1. The highest BCUT2D eigenvalue weighted by molar-refractivity contribution is 7.89. The maximum atomic E-state index is 12.6. The molecule has 154 valence electrons. The van der Waals surface area contributed by atoms with E-state index in [0.717, 1.165) is 17.2 Å². The van der Waals surface area contributed by atoms with Gasteiger partial charge in [-0.1, -0.05) is 41.4 Å². The zero-order chi connectivity index (χ0) is 21.6. The van der Waals surface area contributed by atoms with Crippen LogP contribution in [0.5, 0.6) is 0 Å². The van der Waals surface area contributed by atoms with Gasteiger partial charge in [-0.2, -0.15) is 0 Å². The van der Waals surface area contributed by atoms with Crippen molar-refractivity contribution in [2.75, 3.05) is 0 Å². The number of primary amides is 1. The largest absolute Gasteiger partial charge is 0.412 e. The van der Waals surface area contributed by atoms with Crippen LogP contribution in [-0.2, 0) is 26.1 Å². The minimum atomic E-state index is -3.99. The number of nitrogens with one attached hydrogen (secondary N) is 1. The monoisotopic (exact) mass is 438 g/mol. The molecule has 8 nitrogen and oxygen atoms in total. The van der Waals surface area contributed by atoms with Gasteiger partial charge in [-0.05, 0) is 30.7 Å². The molecular formula is C19H19ClN2O6S. The Bertz CT molecular complexity index is 1040. The number of nitrogens with two attached hydrogens (primary N) is 1. The summed E-state index contributed by atoms with van der Waals surface area (Å²) < 4.78 is 31.8. The molecule has 2 rings (SSSR count). The van der Waals surface area contributed by atoms with E-state index in [0.29, 0.717) is 0 Å². The van der Waals surface area contributed by atoms with E-state index in [-0.39, 0.29) is 34.9 Å². The van der Waals surface area contributed by atoms with Crippen molar-refractivity contribution < 1.29 is 27.5 Å². The minimum Gasteiger partial charge on any atom is -0.376 e.